The van der Waals surface area contributed by atoms with E-state index in [0.29, 0.717) is 36.9 Å². The van der Waals surface area contributed by atoms with E-state index in [-0.39, 0.29) is 28.9 Å². The van der Waals surface area contributed by atoms with Gasteiger partial charge < -0.3 is 20.7 Å². The molecule has 0 bridgehead atoms. The van der Waals surface area contributed by atoms with E-state index in [4.69, 9.17) is 10.5 Å². The predicted octanol–water partition coefficient (Wildman–Crippen LogP) is 5.44. The maximum Gasteiger partial charge on any atom is 0.274 e. The van der Waals surface area contributed by atoms with Crippen molar-refractivity contribution >= 4 is 17.3 Å². The van der Waals surface area contributed by atoms with E-state index in [1.165, 1.54) is 12.1 Å². The minimum absolute atomic E-state index is 0.0183. The smallest absolute Gasteiger partial charge is 0.274 e. The third-order valence-corrected chi connectivity index (χ3v) is 7.85. The van der Waals surface area contributed by atoms with Crippen LogP contribution in [-0.4, -0.2) is 48.2 Å². The number of hydrogen-bond donors (Lipinski definition) is 2. The maximum atomic E-state index is 15.4. The number of nitrogens with one attached hydrogen (secondary N) is 1. The molecule has 0 aliphatic carbocycles. The molecule has 3 aromatic rings. The number of carbonyl (C=O) groups excluding carboxylic acids is 1. The van der Waals surface area contributed by atoms with E-state index in [1.807, 2.05) is 12.1 Å². The number of nitrogens with zero attached hydrogens (tertiary/aromatic N) is 3. The summed E-state index contributed by atoms with van der Waals surface area (Å²) in [5, 5.41) is 2.88. The second kappa shape index (κ2) is 11.8. The highest BCUT2D eigenvalue weighted by atomic mass is 19.1. The highest BCUT2D eigenvalue weighted by molar-refractivity contribution is 6.04. The Balaban J connectivity index is 1.41. The van der Waals surface area contributed by atoms with Crippen LogP contribution in [0, 0.1) is 24.5 Å². The molecule has 39 heavy (non-hydrogen) atoms. The number of hydrogen-bond acceptors (Lipinski definition) is 6. The van der Waals surface area contributed by atoms with E-state index in [9.17, 15) is 9.18 Å². The van der Waals surface area contributed by atoms with Gasteiger partial charge in [-0.25, -0.2) is 13.8 Å². The summed E-state index contributed by atoms with van der Waals surface area (Å²) < 4.78 is 35.8. The third kappa shape index (κ3) is 5.94. The standard InChI is InChI=1S/C30H35F2N5O2/c1-3-19-13-22(33)17-37(16-19)27-6-9-34-15-26(27)36-30(38)25-5-4-23(31)29(35-25)28-18(2)12-21(14-24(28)32)20-7-10-39-11-8-20/h4-6,9,12,14-15,19-20,22H,3,7-8,10-11,13,16-17,33H2,1-2H3,(H,36,38)/t19-,22+/m1/s1. The molecule has 2 aromatic heterocycles. The van der Waals surface area contributed by atoms with Gasteiger partial charge in [-0.15, -0.1) is 0 Å². The van der Waals surface area contributed by atoms with Crippen molar-refractivity contribution < 1.29 is 18.3 Å². The summed E-state index contributed by atoms with van der Waals surface area (Å²) in [5.41, 5.74) is 8.95. The van der Waals surface area contributed by atoms with Crippen molar-refractivity contribution in [2.45, 2.75) is 51.5 Å². The molecule has 1 aromatic carbocycles. The van der Waals surface area contributed by atoms with Crippen molar-refractivity contribution in [2.24, 2.45) is 11.7 Å². The number of halogens is 2. The molecular formula is C30H35F2N5O2. The number of nitrogens with two attached hydrogens (primary N) is 1. The highest BCUT2D eigenvalue weighted by Gasteiger charge is 2.27. The molecule has 0 spiro atoms. The molecular weight excluding hydrogens is 500 g/mol. The lowest BCUT2D eigenvalue weighted by Crippen LogP contribution is -2.47. The Hall–Kier alpha value is -3.43. The van der Waals surface area contributed by atoms with Crippen LogP contribution in [0.25, 0.3) is 11.3 Å². The van der Waals surface area contributed by atoms with Crippen LogP contribution in [0.5, 0.6) is 0 Å². The second-order valence-electron chi connectivity index (χ2n) is 10.6. The average Bonchev–Trinajstić information content (AvgIpc) is 2.94. The first-order valence-corrected chi connectivity index (χ1v) is 13.6. The number of aromatic nitrogens is 2. The first-order valence-electron chi connectivity index (χ1n) is 13.6. The molecule has 4 heterocycles. The number of amides is 1. The number of anilines is 2. The number of ether oxygens (including phenoxy) is 1. The molecule has 0 radical (unpaired) electrons. The van der Waals surface area contributed by atoms with Crippen LogP contribution in [-0.2, 0) is 4.74 Å². The van der Waals surface area contributed by atoms with Crippen molar-refractivity contribution in [2.75, 3.05) is 36.5 Å². The summed E-state index contributed by atoms with van der Waals surface area (Å²) in [4.78, 5) is 23.9. The van der Waals surface area contributed by atoms with Crippen molar-refractivity contribution in [1.82, 2.24) is 9.97 Å². The zero-order chi connectivity index (χ0) is 27.5. The van der Waals surface area contributed by atoms with Gasteiger partial charge in [-0.3, -0.25) is 9.78 Å². The van der Waals surface area contributed by atoms with E-state index < -0.39 is 17.5 Å². The van der Waals surface area contributed by atoms with Gasteiger partial charge in [0.15, 0.2) is 0 Å². The molecule has 7 nitrogen and oxygen atoms in total. The van der Waals surface area contributed by atoms with Crippen LogP contribution in [0.4, 0.5) is 20.2 Å². The van der Waals surface area contributed by atoms with Gasteiger partial charge in [-0.1, -0.05) is 19.4 Å². The zero-order valence-corrected chi connectivity index (χ0v) is 22.4. The summed E-state index contributed by atoms with van der Waals surface area (Å²) >= 11 is 0. The number of rotatable bonds is 6. The number of aryl methyl sites for hydroxylation is 1. The monoisotopic (exact) mass is 535 g/mol. The molecule has 2 fully saturated rings. The Morgan fingerprint density at radius 3 is 2.69 bits per heavy atom. The Kier molecular flexibility index (Phi) is 8.18. The Morgan fingerprint density at radius 1 is 1.15 bits per heavy atom. The summed E-state index contributed by atoms with van der Waals surface area (Å²) in [7, 11) is 0. The van der Waals surface area contributed by atoms with E-state index in [0.717, 1.165) is 49.5 Å². The van der Waals surface area contributed by atoms with Gasteiger partial charge in [0.05, 0.1) is 17.6 Å². The lowest BCUT2D eigenvalue weighted by Gasteiger charge is -2.38. The fourth-order valence-corrected chi connectivity index (χ4v) is 5.77. The van der Waals surface area contributed by atoms with E-state index in [1.54, 1.807) is 19.3 Å². The molecule has 3 N–H and O–H groups in total. The fourth-order valence-electron chi connectivity index (χ4n) is 5.77. The molecule has 9 heteroatoms. The number of benzene rings is 1. The summed E-state index contributed by atoms with van der Waals surface area (Å²) in [6.45, 7) is 6.68. The van der Waals surface area contributed by atoms with Gasteiger partial charge in [-0.2, -0.15) is 0 Å². The molecule has 2 aliphatic rings. The second-order valence-corrected chi connectivity index (χ2v) is 10.6. The van der Waals surface area contributed by atoms with Crippen molar-refractivity contribution in [3.05, 3.63) is 71.2 Å². The molecule has 0 unspecified atom stereocenters. The van der Waals surface area contributed by atoms with Gasteiger partial charge >= 0.3 is 0 Å². The molecule has 2 saturated heterocycles. The third-order valence-electron chi connectivity index (χ3n) is 7.85. The maximum absolute atomic E-state index is 15.4. The van der Waals surface area contributed by atoms with Crippen LogP contribution in [0.1, 0.15) is 60.1 Å². The van der Waals surface area contributed by atoms with Gasteiger partial charge in [-0.05, 0) is 73.4 Å². The quantitative estimate of drug-likeness (QED) is 0.437. The van der Waals surface area contributed by atoms with Crippen LogP contribution in [0.2, 0.25) is 0 Å². The SMILES string of the molecule is CC[C@@H]1C[C@H](N)CN(c2ccncc2NC(=O)c2ccc(F)c(-c3c(C)cc(C4CCOCC4)cc3F)n2)C1. The van der Waals surface area contributed by atoms with Crippen LogP contribution in [0.15, 0.2) is 42.7 Å². The highest BCUT2D eigenvalue weighted by Crippen LogP contribution is 2.35. The summed E-state index contributed by atoms with van der Waals surface area (Å²) in [6.07, 6.45) is 6.88. The van der Waals surface area contributed by atoms with E-state index >= 15 is 4.39 Å². The number of pyridine rings is 2. The lowest BCUT2D eigenvalue weighted by molar-refractivity contribution is 0.0852. The van der Waals surface area contributed by atoms with Crippen molar-refractivity contribution in [3.8, 4) is 11.3 Å². The van der Waals surface area contributed by atoms with Gasteiger partial charge in [0.1, 0.15) is 23.0 Å². The lowest BCUT2D eigenvalue weighted by atomic mass is 9.88. The number of carbonyl (C=O) groups is 1. The van der Waals surface area contributed by atoms with Crippen LogP contribution >= 0.6 is 0 Å². The Labute approximate surface area is 227 Å². The van der Waals surface area contributed by atoms with Crippen LogP contribution in [0.3, 0.4) is 0 Å². The van der Waals surface area contributed by atoms with Crippen molar-refractivity contribution in [3.63, 3.8) is 0 Å². The summed E-state index contributed by atoms with van der Waals surface area (Å²) in [6, 6.07) is 7.69. The topological polar surface area (TPSA) is 93.4 Å². The number of piperidine rings is 1. The van der Waals surface area contributed by atoms with Crippen molar-refractivity contribution in [1.29, 1.82) is 0 Å². The Morgan fingerprint density at radius 2 is 1.95 bits per heavy atom. The first kappa shape index (κ1) is 27.1. The fraction of sp³-hybridized carbons (Fsp3) is 0.433. The predicted molar refractivity (Wildman–Crippen MR) is 148 cm³/mol. The molecule has 206 valence electrons. The zero-order valence-electron chi connectivity index (χ0n) is 22.4. The largest absolute Gasteiger partial charge is 0.381 e. The molecule has 2 aliphatic heterocycles. The molecule has 1 amide bonds. The van der Waals surface area contributed by atoms with Gasteiger partial charge in [0.2, 0.25) is 0 Å². The van der Waals surface area contributed by atoms with Gasteiger partial charge in [0, 0.05) is 44.1 Å². The molecule has 2 atom stereocenters. The summed E-state index contributed by atoms with van der Waals surface area (Å²) in [5.74, 6) is -1.12. The molecule has 0 saturated carbocycles. The molecule has 5 rings (SSSR count). The average molecular weight is 536 g/mol. The Bertz CT molecular complexity index is 1320. The normalized spacial score (nSPS) is 20.2. The minimum atomic E-state index is -0.692. The minimum Gasteiger partial charge on any atom is -0.381 e. The van der Waals surface area contributed by atoms with Crippen LogP contribution < -0.4 is 16.0 Å². The first-order chi connectivity index (χ1) is 18.8. The van der Waals surface area contributed by atoms with Gasteiger partial charge in [0.25, 0.3) is 5.91 Å². The van der Waals surface area contributed by atoms with E-state index in [2.05, 4.69) is 27.1 Å².